The molecule has 0 bridgehead atoms. The number of hydrogen-bond acceptors (Lipinski definition) is 7. The van der Waals surface area contributed by atoms with Crippen molar-refractivity contribution < 1.29 is 18.3 Å². The van der Waals surface area contributed by atoms with Gasteiger partial charge in [0.05, 0.1) is 24.5 Å². The second kappa shape index (κ2) is 12.2. The van der Waals surface area contributed by atoms with Crippen molar-refractivity contribution in [1.82, 2.24) is 19.4 Å². The molecule has 0 saturated carbocycles. The molecular formula is C33H33F3N6OS. The Morgan fingerprint density at radius 3 is 2.61 bits per heavy atom. The number of aliphatic hydroxyl groups excluding tert-OH is 1. The number of likely N-dealkylation sites (tertiary alicyclic amines) is 1. The fourth-order valence-corrected chi connectivity index (χ4v) is 7.14. The molecule has 3 aromatic heterocycles. The number of piperidine rings is 1. The number of nitriles is 1. The summed E-state index contributed by atoms with van der Waals surface area (Å²) < 4.78 is 40.6. The van der Waals surface area contributed by atoms with E-state index >= 15 is 0 Å². The summed E-state index contributed by atoms with van der Waals surface area (Å²) in [7, 11) is 0. The van der Waals surface area contributed by atoms with Crippen molar-refractivity contribution in [2.24, 2.45) is 0 Å². The minimum absolute atomic E-state index is 0.158. The average molecular weight is 619 g/mol. The first-order chi connectivity index (χ1) is 21.1. The van der Waals surface area contributed by atoms with E-state index in [1.54, 1.807) is 6.07 Å². The van der Waals surface area contributed by atoms with Gasteiger partial charge in [-0.3, -0.25) is 4.90 Å². The normalized spacial score (nSPS) is 15.6. The van der Waals surface area contributed by atoms with Gasteiger partial charge in [-0.15, -0.1) is 11.3 Å². The number of anilines is 1. The van der Waals surface area contributed by atoms with E-state index in [0.29, 0.717) is 28.3 Å². The highest BCUT2D eigenvalue weighted by molar-refractivity contribution is 7.18. The van der Waals surface area contributed by atoms with E-state index in [1.165, 1.54) is 11.9 Å². The van der Waals surface area contributed by atoms with Crippen molar-refractivity contribution >= 4 is 38.3 Å². The van der Waals surface area contributed by atoms with Gasteiger partial charge in [0, 0.05) is 41.5 Å². The van der Waals surface area contributed by atoms with Gasteiger partial charge in [-0.25, -0.2) is 9.97 Å². The monoisotopic (exact) mass is 618 g/mol. The Kier molecular flexibility index (Phi) is 8.33. The van der Waals surface area contributed by atoms with Gasteiger partial charge < -0.3 is 15.0 Å². The molecule has 2 N–H and O–H groups in total. The maximum Gasteiger partial charge on any atom is 0.393 e. The molecule has 1 atom stereocenters. The number of nitrogens with one attached hydrogen (secondary N) is 1. The molecule has 6 rings (SSSR count). The number of hydrogen-bond donors (Lipinski definition) is 2. The molecule has 5 aromatic rings. The van der Waals surface area contributed by atoms with Gasteiger partial charge in [-0.2, -0.15) is 18.4 Å². The largest absolute Gasteiger partial charge is 0.393 e. The van der Waals surface area contributed by atoms with Crippen LogP contribution in [0, 0.1) is 25.2 Å². The highest BCUT2D eigenvalue weighted by atomic mass is 32.1. The summed E-state index contributed by atoms with van der Waals surface area (Å²) >= 11 is 1.06. The third-order valence-corrected chi connectivity index (χ3v) is 9.48. The zero-order chi connectivity index (χ0) is 31.0. The Morgan fingerprint density at radius 1 is 1.09 bits per heavy atom. The molecule has 1 fully saturated rings. The number of thiophene rings is 1. The van der Waals surface area contributed by atoms with Gasteiger partial charge in [0.1, 0.15) is 28.7 Å². The fourth-order valence-electron chi connectivity index (χ4n) is 6.11. The molecule has 1 aliphatic rings. The zero-order valence-corrected chi connectivity index (χ0v) is 25.3. The molecule has 7 nitrogen and oxygen atoms in total. The van der Waals surface area contributed by atoms with Crippen LogP contribution in [0.25, 0.3) is 21.1 Å². The van der Waals surface area contributed by atoms with Crippen LogP contribution < -0.4 is 5.32 Å². The Balaban J connectivity index is 1.12. The van der Waals surface area contributed by atoms with Crippen LogP contribution in [-0.4, -0.2) is 49.8 Å². The molecular weight excluding hydrogens is 585 g/mol. The predicted octanol–water partition coefficient (Wildman–Crippen LogP) is 7.05. The third kappa shape index (κ3) is 6.43. The molecule has 44 heavy (non-hydrogen) atoms. The van der Waals surface area contributed by atoms with E-state index in [1.807, 2.05) is 47.9 Å². The van der Waals surface area contributed by atoms with Crippen LogP contribution in [0.2, 0.25) is 0 Å². The van der Waals surface area contributed by atoms with Crippen molar-refractivity contribution in [3.05, 3.63) is 87.7 Å². The number of aliphatic hydroxyl groups is 1. The molecule has 2 aromatic carbocycles. The van der Waals surface area contributed by atoms with Crippen LogP contribution in [0.5, 0.6) is 0 Å². The van der Waals surface area contributed by atoms with Crippen molar-refractivity contribution in [2.45, 2.75) is 64.5 Å². The van der Waals surface area contributed by atoms with E-state index in [4.69, 9.17) is 0 Å². The van der Waals surface area contributed by atoms with E-state index in [0.717, 1.165) is 71.4 Å². The first-order valence-corrected chi connectivity index (χ1v) is 15.4. The smallest absolute Gasteiger partial charge is 0.387 e. The Bertz CT molecular complexity index is 1850. The molecule has 1 aliphatic heterocycles. The summed E-state index contributed by atoms with van der Waals surface area (Å²) in [5.74, 6) is 0.588. The first kappa shape index (κ1) is 30.1. The minimum Gasteiger partial charge on any atom is -0.387 e. The van der Waals surface area contributed by atoms with Crippen LogP contribution in [0.15, 0.2) is 54.9 Å². The zero-order valence-electron chi connectivity index (χ0n) is 24.5. The summed E-state index contributed by atoms with van der Waals surface area (Å²) in [6.45, 7) is 6.87. The average Bonchev–Trinajstić information content (AvgIpc) is 3.56. The van der Waals surface area contributed by atoms with Crippen LogP contribution in [-0.2, 0) is 19.5 Å². The number of fused-ring (bicyclic) bond motifs is 2. The standard InChI is InChI=1S/C33H33F3N6OS/c1-20-4-3-5-22(12-20)30(43)18-42-25(16-37)13-27-21(2)23(6-7-29(27)42)17-41-10-8-24(9-11-41)40-31-28-14-26(15-33(34,35)36)44-32(28)39-19-38-31/h3-7,12-14,19,24,30,43H,8-11,15,17-18H2,1-2H3,(H,38,39,40). The van der Waals surface area contributed by atoms with Crippen LogP contribution >= 0.6 is 11.3 Å². The molecule has 4 heterocycles. The molecule has 0 radical (unpaired) electrons. The topological polar surface area (TPSA) is 90.0 Å². The van der Waals surface area contributed by atoms with Crippen molar-refractivity contribution in [1.29, 1.82) is 5.26 Å². The Hall–Kier alpha value is -3.98. The summed E-state index contributed by atoms with van der Waals surface area (Å²) in [6, 6.07) is 17.9. The lowest BCUT2D eigenvalue weighted by molar-refractivity contribution is -0.126. The quantitative estimate of drug-likeness (QED) is 0.194. The predicted molar refractivity (Wildman–Crippen MR) is 167 cm³/mol. The van der Waals surface area contributed by atoms with Crippen LogP contribution in [0.3, 0.4) is 0 Å². The van der Waals surface area contributed by atoms with Crippen LogP contribution in [0.4, 0.5) is 19.0 Å². The lowest BCUT2D eigenvalue weighted by Crippen LogP contribution is -2.39. The summed E-state index contributed by atoms with van der Waals surface area (Å²) in [6.07, 6.45) is -2.80. The molecule has 1 unspecified atom stereocenters. The Labute approximate surface area is 257 Å². The fraction of sp³-hybridized carbons (Fsp3) is 0.364. The summed E-state index contributed by atoms with van der Waals surface area (Å²) in [5, 5.41) is 26.0. The number of alkyl halides is 3. The molecule has 0 spiro atoms. The minimum atomic E-state index is -4.26. The van der Waals surface area contributed by atoms with Gasteiger partial charge in [-0.05, 0) is 61.6 Å². The highest BCUT2D eigenvalue weighted by Gasteiger charge is 2.29. The Morgan fingerprint density at radius 2 is 1.89 bits per heavy atom. The van der Waals surface area contributed by atoms with Gasteiger partial charge in [-0.1, -0.05) is 35.9 Å². The number of nitrogens with zero attached hydrogens (tertiary/aromatic N) is 5. The third-order valence-electron chi connectivity index (χ3n) is 8.44. The SMILES string of the molecule is Cc1cccc(C(O)Cn2c(C#N)cc3c(C)c(CN4CCC(Nc5ncnc6sc(CC(F)(F)F)cc56)CC4)ccc32)c1. The van der Waals surface area contributed by atoms with Crippen LogP contribution in [0.1, 0.15) is 51.8 Å². The summed E-state index contributed by atoms with van der Waals surface area (Å²) in [5.41, 5.74) is 5.67. The van der Waals surface area contributed by atoms with E-state index in [9.17, 15) is 23.5 Å². The number of aromatic nitrogens is 3. The molecule has 0 aliphatic carbocycles. The highest BCUT2D eigenvalue weighted by Crippen LogP contribution is 2.34. The molecule has 11 heteroatoms. The number of aryl methyl sites for hydroxylation is 2. The lowest BCUT2D eigenvalue weighted by Gasteiger charge is -2.33. The number of benzene rings is 2. The maximum atomic E-state index is 12.9. The number of halogens is 3. The van der Waals surface area contributed by atoms with Crippen molar-refractivity contribution in [2.75, 3.05) is 18.4 Å². The molecule has 0 amide bonds. The van der Waals surface area contributed by atoms with Crippen molar-refractivity contribution in [3.8, 4) is 6.07 Å². The maximum absolute atomic E-state index is 12.9. The van der Waals surface area contributed by atoms with E-state index < -0.39 is 18.7 Å². The molecule has 228 valence electrons. The van der Waals surface area contributed by atoms with Gasteiger partial charge in [0.25, 0.3) is 0 Å². The summed E-state index contributed by atoms with van der Waals surface area (Å²) in [4.78, 5) is 11.7. The second-order valence-corrected chi connectivity index (χ2v) is 12.7. The second-order valence-electron chi connectivity index (χ2n) is 11.6. The lowest BCUT2D eigenvalue weighted by atomic mass is 10.0. The van der Waals surface area contributed by atoms with Gasteiger partial charge in [0.15, 0.2) is 0 Å². The molecule has 1 saturated heterocycles. The van der Waals surface area contributed by atoms with Gasteiger partial charge >= 0.3 is 6.18 Å². The van der Waals surface area contributed by atoms with E-state index in [-0.39, 0.29) is 10.9 Å². The van der Waals surface area contributed by atoms with Gasteiger partial charge in [0.2, 0.25) is 0 Å². The van der Waals surface area contributed by atoms with E-state index in [2.05, 4.69) is 39.2 Å². The van der Waals surface area contributed by atoms with Crippen molar-refractivity contribution in [3.63, 3.8) is 0 Å². The number of rotatable bonds is 8. The first-order valence-electron chi connectivity index (χ1n) is 14.6.